The van der Waals surface area contributed by atoms with Crippen molar-refractivity contribution >= 4 is 58.3 Å². The van der Waals surface area contributed by atoms with Crippen molar-refractivity contribution in [2.45, 2.75) is 91.0 Å². The number of carbonyl (C=O) groups is 6. The SMILES string of the molecule is C=CCOc1c(C(=O)Nc2ccc(C(=O)OC(C)(C)C)cc2)ccc(NC(=O)c2ccc(NC(=O)C(NC(=O)C34CC(C(=O)Nc5ccc(C#N)cc5)(C3)C4)C(C)(C)[N+](=O)[O-])cc2)c1OC(C)C. The van der Waals surface area contributed by atoms with Crippen LogP contribution < -0.4 is 36.1 Å². The Labute approximate surface area is 392 Å². The predicted octanol–water partition coefficient (Wildman–Crippen LogP) is 7.66. The Kier molecular flexibility index (Phi) is 14.1. The Morgan fingerprint density at radius 1 is 0.750 bits per heavy atom. The lowest BCUT2D eigenvalue weighted by Gasteiger charge is -2.67. The van der Waals surface area contributed by atoms with E-state index in [1.54, 1.807) is 71.0 Å². The number of carbonyl (C=O) groups excluding carboxylic acids is 6. The first-order chi connectivity index (χ1) is 32.0. The van der Waals surface area contributed by atoms with Gasteiger partial charge in [0.2, 0.25) is 17.4 Å². The van der Waals surface area contributed by atoms with Crippen LogP contribution in [0.4, 0.5) is 22.7 Å². The van der Waals surface area contributed by atoms with Gasteiger partial charge in [-0.2, -0.15) is 5.26 Å². The normalized spacial score (nSPS) is 17.3. The number of nitro groups is 1. The zero-order valence-corrected chi connectivity index (χ0v) is 38.7. The molecule has 0 radical (unpaired) electrons. The van der Waals surface area contributed by atoms with Crippen LogP contribution in [0.5, 0.6) is 11.5 Å². The van der Waals surface area contributed by atoms with E-state index in [9.17, 15) is 38.9 Å². The molecule has 0 saturated heterocycles. The first-order valence-corrected chi connectivity index (χ1v) is 21.7. The summed E-state index contributed by atoms with van der Waals surface area (Å²) in [5, 5.41) is 34.9. The van der Waals surface area contributed by atoms with Crippen molar-refractivity contribution in [3.8, 4) is 17.6 Å². The average Bonchev–Trinajstić information content (AvgIpc) is 3.24. The highest BCUT2D eigenvalue weighted by Gasteiger charge is 2.75. The number of esters is 1. The minimum absolute atomic E-state index is 0.0183. The Hall–Kier alpha value is -8.07. The fourth-order valence-electron chi connectivity index (χ4n) is 7.93. The third-order valence-corrected chi connectivity index (χ3v) is 11.5. The van der Waals surface area contributed by atoms with E-state index in [-0.39, 0.29) is 65.8 Å². The lowest BCUT2D eigenvalue weighted by molar-refractivity contribution is -0.562. The molecule has 0 aromatic heterocycles. The standard InChI is InChI=1S/C50H53N7O11/c1-9-24-66-38-36(42(59)52-33-20-14-32(15-21-33)44(61)68-47(4,5)6)22-23-37(39(38)67-29(2)3)55-41(58)31-12-18-34(19-13-31)53-43(60)40(48(7,8)57(64)65)56-46(63)50-26-49(27-50,28-50)45(62)54-35-16-10-30(25-51)11-17-35/h9-23,29,40H,1,24,26-28H2,2-8H3,(H,52,59)(H,53,60)(H,54,62)(H,55,58)(H,56,63). The van der Waals surface area contributed by atoms with Gasteiger partial charge in [-0.15, -0.1) is 0 Å². The topological polar surface area (TPSA) is 257 Å². The zero-order valence-electron chi connectivity index (χ0n) is 38.7. The van der Waals surface area contributed by atoms with Crippen LogP contribution in [0.15, 0.2) is 97.6 Å². The Morgan fingerprint density at radius 3 is 1.84 bits per heavy atom. The lowest BCUT2D eigenvalue weighted by atomic mass is 9.34. The number of amides is 5. The van der Waals surface area contributed by atoms with E-state index in [4.69, 9.17) is 19.5 Å². The molecular weight excluding hydrogens is 875 g/mol. The van der Waals surface area contributed by atoms with Crippen LogP contribution in [0.1, 0.15) is 104 Å². The molecule has 0 spiro atoms. The van der Waals surface area contributed by atoms with Crippen LogP contribution in [0.25, 0.3) is 0 Å². The number of hydrogen-bond donors (Lipinski definition) is 5. The van der Waals surface area contributed by atoms with Gasteiger partial charge in [0.25, 0.3) is 17.7 Å². The first-order valence-electron chi connectivity index (χ1n) is 21.7. The number of nitrogens with one attached hydrogen (secondary N) is 5. The van der Waals surface area contributed by atoms with Crippen LogP contribution in [0.3, 0.4) is 0 Å². The molecule has 18 nitrogen and oxygen atoms in total. The Bertz CT molecular complexity index is 2680. The van der Waals surface area contributed by atoms with Crippen molar-refractivity contribution in [2.24, 2.45) is 10.8 Å². The molecule has 1 atom stereocenters. The van der Waals surface area contributed by atoms with Gasteiger partial charge in [0.15, 0.2) is 17.5 Å². The first kappa shape index (κ1) is 49.4. The summed E-state index contributed by atoms with van der Waals surface area (Å²) in [7, 11) is 0. The number of hydrogen-bond acceptors (Lipinski definition) is 12. The zero-order chi connectivity index (χ0) is 49.8. The highest BCUT2D eigenvalue weighted by Crippen LogP contribution is 2.73. The number of nitrogens with zero attached hydrogens (tertiary/aromatic N) is 2. The largest absolute Gasteiger partial charge is 0.485 e. The molecule has 354 valence electrons. The summed E-state index contributed by atoms with van der Waals surface area (Å²) in [6, 6.07) is 21.5. The maximum absolute atomic E-state index is 13.7. The van der Waals surface area contributed by atoms with Crippen LogP contribution >= 0.6 is 0 Å². The van der Waals surface area contributed by atoms with Crippen molar-refractivity contribution in [3.05, 3.63) is 130 Å². The molecule has 3 aliphatic carbocycles. The molecule has 1 unspecified atom stereocenters. The fraction of sp³-hybridized carbons (Fsp3) is 0.340. The molecule has 3 aliphatic rings. The average molecular weight is 928 g/mol. The van der Waals surface area contributed by atoms with Gasteiger partial charge in [0, 0.05) is 41.4 Å². The summed E-state index contributed by atoms with van der Waals surface area (Å²) < 4.78 is 17.5. The molecule has 2 bridgehead atoms. The number of benzene rings is 4. The molecule has 4 aromatic carbocycles. The van der Waals surface area contributed by atoms with Gasteiger partial charge in [-0.25, -0.2) is 4.79 Å². The summed E-state index contributed by atoms with van der Waals surface area (Å²) in [5.41, 5.74) is -2.23. The Morgan fingerprint density at radius 2 is 1.29 bits per heavy atom. The monoisotopic (exact) mass is 927 g/mol. The van der Waals surface area contributed by atoms with E-state index in [0.29, 0.717) is 22.5 Å². The lowest BCUT2D eigenvalue weighted by Crippen LogP contribution is -2.73. The molecule has 5 amide bonds. The minimum Gasteiger partial charge on any atom is -0.485 e. The quantitative estimate of drug-likeness (QED) is 0.0279. The van der Waals surface area contributed by atoms with Gasteiger partial charge in [-0.1, -0.05) is 12.7 Å². The summed E-state index contributed by atoms with van der Waals surface area (Å²) in [5.74, 6) is -3.33. The second kappa shape index (κ2) is 19.4. The van der Waals surface area contributed by atoms with Crippen LogP contribution in [0.2, 0.25) is 0 Å². The van der Waals surface area contributed by atoms with Crippen LogP contribution in [0, 0.1) is 32.3 Å². The van der Waals surface area contributed by atoms with E-state index in [1.807, 2.05) is 6.07 Å². The second-order valence-corrected chi connectivity index (χ2v) is 18.7. The van der Waals surface area contributed by atoms with Crippen molar-refractivity contribution in [1.82, 2.24) is 5.32 Å². The van der Waals surface area contributed by atoms with Gasteiger partial charge in [-0.3, -0.25) is 34.1 Å². The van der Waals surface area contributed by atoms with Gasteiger partial charge < -0.3 is 40.8 Å². The van der Waals surface area contributed by atoms with Gasteiger partial charge in [0.05, 0.1) is 45.4 Å². The number of anilines is 4. The predicted molar refractivity (Wildman–Crippen MR) is 252 cm³/mol. The molecule has 5 N–H and O–H groups in total. The molecule has 4 aromatic rings. The van der Waals surface area contributed by atoms with Crippen molar-refractivity contribution in [2.75, 3.05) is 27.9 Å². The van der Waals surface area contributed by atoms with E-state index in [0.717, 1.165) is 0 Å². The van der Waals surface area contributed by atoms with E-state index < -0.39 is 68.6 Å². The van der Waals surface area contributed by atoms with E-state index in [2.05, 4.69) is 33.2 Å². The maximum Gasteiger partial charge on any atom is 0.338 e. The summed E-state index contributed by atoms with van der Waals surface area (Å²) in [4.78, 5) is 92.0. The van der Waals surface area contributed by atoms with Crippen molar-refractivity contribution in [3.63, 3.8) is 0 Å². The fourth-order valence-corrected chi connectivity index (χ4v) is 7.93. The maximum atomic E-state index is 13.7. The molecule has 0 aliphatic heterocycles. The highest BCUT2D eigenvalue weighted by atomic mass is 16.6. The molecular formula is C50H53N7O11. The molecule has 3 fully saturated rings. The molecule has 68 heavy (non-hydrogen) atoms. The van der Waals surface area contributed by atoms with Gasteiger partial charge >= 0.3 is 5.97 Å². The number of nitriles is 1. The van der Waals surface area contributed by atoms with Gasteiger partial charge in [-0.05, 0) is 139 Å². The van der Waals surface area contributed by atoms with Crippen LogP contribution in [-0.2, 0) is 19.1 Å². The minimum atomic E-state index is -1.96. The van der Waals surface area contributed by atoms with Crippen molar-refractivity contribution in [1.29, 1.82) is 5.26 Å². The summed E-state index contributed by atoms with van der Waals surface area (Å²) in [6.45, 7) is 14.9. The molecule has 0 heterocycles. The van der Waals surface area contributed by atoms with Gasteiger partial charge in [0.1, 0.15) is 12.2 Å². The Balaban J connectivity index is 1.12. The molecule has 3 saturated carbocycles. The van der Waals surface area contributed by atoms with Crippen molar-refractivity contribution < 1.29 is 47.9 Å². The smallest absolute Gasteiger partial charge is 0.338 e. The summed E-state index contributed by atoms with van der Waals surface area (Å²) in [6.07, 6.45) is 1.65. The molecule has 7 rings (SSSR count). The van der Waals surface area contributed by atoms with E-state index >= 15 is 0 Å². The number of rotatable bonds is 18. The summed E-state index contributed by atoms with van der Waals surface area (Å²) >= 11 is 0. The second-order valence-electron chi connectivity index (χ2n) is 18.7. The van der Waals surface area contributed by atoms with Crippen LogP contribution in [-0.4, -0.2) is 70.3 Å². The third-order valence-electron chi connectivity index (χ3n) is 11.5. The highest BCUT2D eigenvalue weighted by molar-refractivity contribution is 6.10. The number of ether oxygens (including phenoxy) is 3. The third kappa shape index (κ3) is 10.8. The molecule has 18 heteroatoms. The van der Waals surface area contributed by atoms with E-state index in [1.165, 1.54) is 68.5 Å².